The van der Waals surface area contributed by atoms with Gasteiger partial charge < -0.3 is 10.1 Å². The summed E-state index contributed by atoms with van der Waals surface area (Å²) >= 11 is 3.20. The minimum Gasteiger partial charge on any atom is -0.473 e. The van der Waals surface area contributed by atoms with Crippen molar-refractivity contribution in [2.75, 3.05) is 0 Å². The maximum atomic E-state index is 13.1. The summed E-state index contributed by atoms with van der Waals surface area (Å²) < 4.78 is 19.2. The van der Waals surface area contributed by atoms with Crippen molar-refractivity contribution in [3.05, 3.63) is 93.8 Å². The molecule has 3 rings (SSSR count). The van der Waals surface area contributed by atoms with Gasteiger partial charge in [0, 0.05) is 23.3 Å². The molecule has 0 unspecified atom stereocenters. The first kappa shape index (κ1) is 18.1. The molecule has 4 nitrogen and oxygen atoms in total. The van der Waals surface area contributed by atoms with Crippen LogP contribution >= 0.6 is 15.9 Å². The minimum atomic E-state index is -0.400. The van der Waals surface area contributed by atoms with E-state index in [-0.39, 0.29) is 5.91 Å². The Hall–Kier alpha value is -2.73. The highest BCUT2D eigenvalue weighted by atomic mass is 79.9. The van der Waals surface area contributed by atoms with Gasteiger partial charge in [0.05, 0.1) is 5.56 Å². The number of nitrogens with zero attached hydrogens (tertiary/aromatic N) is 1. The van der Waals surface area contributed by atoms with Crippen molar-refractivity contribution in [2.45, 2.75) is 13.2 Å². The average Bonchev–Trinajstić information content (AvgIpc) is 2.66. The standard InChI is InChI=1S/C20H16BrFN2O2/c21-18-11-16(22)6-7-17(18)20(25)24-12-15-8-9-23-19(10-15)26-13-14-4-2-1-3-5-14/h1-11H,12-13H2,(H,24,25). The maximum absolute atomic E-state index is 13.1. The molecule has 26 heavy (non-hydrogen) atoms. The topological polar surface area (TPSA) is 51.2 Å². The van der Waals surface area contributed by atoms with Crippen LogP contribution in [0, 0.1) is 5.82 Å². The van der Waals surface area contributed by atoms with Crippen molar-refractivity contribution in [3.8, 4) is 5.88 Å². The molecule has 0 spiro atoms. The SMILES string of the molecule is O=C(NCc1ccnc(OCc2ccccc2)c1)c1ccc(F)cc1Br. The van der Waals surface area contributed by atoms with E-state index in [2.05, 4.69) is 26.2 Å². The Morgan fingerprint density at radius 1 is 1.08 bits per heavy atom. The van der Waals surface area contributed by atoms with Crippen molar-refractivity contribution in [2.24, 2.45) is 0 Å². The van der Waals surface area contributed by atoms with Gasteiger partial charge in [-0.1, -0.05) is 30.3 Å². The van der Waals surface area contributed by atoms with Crippen LogP contribution in [0.1, 0.15) is 21.5 Å². The molecular formula is C20H16BrFN2O2. The molecule has 0 aliphatic heterocycles. The van der Waals surface area contributed by atoms with E-state index in [0.717, 1.165) is 11.1 Å². The van der Waals surface area contributed by atoms with E-state index in [1.54, 1.807) is 18.3 Å². The Bertz CT molecular complexity index is 903. The zero-order valence-electron chi connectivity index (χ0n) is 13.8. The number of hydrogen-bond donors (Lipinski definition) is 1. The van der Waals surface area contributed by atoms with Gasteiger partial charge in [0.2, 0.25) is 5.88 Å². The molecular weight excluding hydrogens is 399 g/mol. The predicted octanol–water partition coefficient (Wildman–Crippen LogP) is 4.49. The molecule has 2 aromatic carbocycles. The van der Waals surface area contributed by atoms with Gasteiger partial charge in [-0.25, -0.2) is 9.37 Å². The van der Waals surface area contributed by atoms with Gasteiger partial charge in [-0.2, -0.15) is 0 Å². The number of nitrogens with one attached hydrogen (secondary N) is 1. The van der Waals surface area contributed by atoms with Crippen LogP contribution in [0.15, 0.2) is 71.3 Å². The summed E-state index contributed by atoms with van der Waals surface area (Å²) in [6.07, 6.45) is 1.63. The van der Waals surface area contributed by atoms with Gasteiger partial charge in [-0.05, 0) is 51.3 Å². The van der Waals surface area contributed by atoms with E-state index in [1.165, 1.54) is 18.2 Å². The molecule has 0 fully saturated rings. The molecule has 0 saturated carbocycles. The summed E-state index contributed by atoms with van der Waals surface area (Å²) in [5.74, 6) is -0.202. The first-order chi connectivity index (χ1) is 12.6. The number of aromatic nitrogens is 1. The number of hydrogen-bond acceptors (Lipinski definition) is 3. The van der Waals surface area contributed by atoms with E-state index in [0.29, 0.717) is 29.1 Å². The molecule has 0 atom stereocenters. The summed E-state index contributed by atoms with van der Waals surface area (Å²) in [4.78, 5) is 16.4. The molecule has 0 bridgehead atoms. The van der Waals surface area contributed by atoms with Crippen LogP contribution in [0.3, 0.4) is 0 Å². The van der Waals surface area contributed by atoms with E-state index >= 15 is 0 Å². The van der Waals surface area contributed by atoms with Crippen LogP contribution < -0.4 is 10.1 Å². The molecule has 0 aliphatic rings. The first-order valence-corrected chi connectivity index (χ1v) is 8.76. The lowest BCUT2D eigenvalue weighted by atomic mass is 10.2. The quantitative estimate of drug-likeness (QED) is 0.646. The fourth-order valence-corrected chi connectivity index (χ4v) is 2.85. The number of pyridine rings is 1. The molecule has 1 N–H and O–H groups in total. The largest absolute Gasteiger partial charge is 0.473 e. The van der Waals surface area contributed by atoms with Crippen molar-refractivity contribution in [1.82, 2.24) is 10.3 Å². The van der Waals surface area contributed by atoms with Gasteiger partial charge >= 0.3 is 0 Å². The number of rotatable bonds is 6. The Morgan fingerprint density at radius 3 is 2.65 bits per heavy atom. The molecule has 0 saturated heterocycles. The minimum absolute atomic E-state index is 0.291. The average molecular weight is 415 g/mol. The number of benzene rings is 2. The van der Waals surface area contributed by atoms with Gasteiger partial charge in [0.15, 0.2) is 0 Å². The second-order valence-corrected chi connectivity index (χ2v) is 6.44. The number of ether oxygens (including phenoxy) is 1. The van der Waals surface area contributed by atoms with E-state index in [4.69, 9.17) is 4.74 Å². The van der Waals surface area contributed by atoms with Crippen molar-refractivity contribution < 1.29 is 13.9 Å². The second kappa shape index (κ2) is 8.58. The van der Waals surface area contributed by atoms with E-state index in [1.807, 2.05) is 30.3 Å². The van der Waals surface area contributed by atoms with E-state index in [9.17, 15) is 9.18 Å². The molecule has 0 radical (unpaired) electrons. The molecule has 6 heteroatoms. The number of amides is 1. The Labute approximate surface area is 159 Å². The van der Waals surface area contributed by atoms with Crippen LogP contribution in [0.4, 0.5) is 4.39 Å². The Kier molecular flexibility index (Phi) is 5.96. The zero-order chi connectivity index (χ0) is 18.4. The number of carbonyl (C=O) groups is 1. The van der Waals surface area contributed by atoms with Gasteiger partial charge in [-0.3, -0.25) is 4.79 Å². The van der Waals surface area contributed by atoms with Crippen LogP contribution in [0.25, 0.3) is 0 Å². The molecule has 0 aliphatic carbocycles. The molecule has 3 aromatic rings. The fraction of sp³-hybridized carbons (Fsp3) is 0.100. The van der Waals surface area contributed by atoms with Crippen LogP contribution in [0.2, 0.25) is 0 Å². The normalized spacial score (nSPS) is 10.4. The van der Waals surface area contributed by atoms with Crippen LogP contribution in [-0.4, -0.2) is 10.9 Å². The molecule has 1 amide bonds. The Morgan fingerprint density at radius 2 is 1.88 bits per heavy atom. The highest BCUT2D eigenvalue weighted by Gasteiger charge is 2.10. The predicted molar refractivity (Wildman–Crippen MR) is 100 cm³/mol. The zero-order valence-corrected chi connectivity index (χ0v) is 15.4. The summed E-state index contributed by atoms with van der Waals surface area (Å²) in [5.41, 5.74) is 2.28. The lowest BCUT2D eigenvalue weighted by Gasteiger charge is -2.09. The third kappa shape index (κ3) is 4.89. The lowest BCUT2D eigenvalue weighted by molar-refractivity contribution is 0.0950. The molecule has 132 valence electrons. The van der Waals surface area contributed by atoms with Gasteiger partial charge in [0.1, 0.15) is 12.4 Å². The number of halogens is 2. The Balaban J connectivity index is 1.59. The van der Waals surface area contributed by atoms with Gasteiger partial charge in [0.25, 0.3) is 5.91 Å². The summed E-state index contributed by atoms with van der Waals surface area (Å²) in [6, 6.07) is 17.3. The van der Waals surface area contributed by atoms with Crippen LogP contribution in [0.5, 0.6) is 5.88 Å². The smallest absolute Gasteiger partial charge is 0.252 e. The second-order valence-electron chi connectivity index (χ2n) is 5.58. The van der Waals surface area contributed by atoms with Crippen molar-refractivity contribution in [3.63, 3.8) is 0 Å². The summed E-state index contributed by atoms with van der Waals surface area (Å²) in [7, 11) is 0. The monoisotopic (exact) mass is 414 g/mol. The third-order valence-electron chi connectivity index (χ3n) is 3.66. The lowest BCUT2D eigenvalue weighted by Crippen LogP contribution is -2.23. The third-order valence-corrected chi connectivity index (χ3v) is 4.31. The maximum Gasteiger partial charge on any atom is 0.252 e. The summed E-state index contributed by atoms with van der Waals surface area (Å²) in [5, 5.41) is 2.80. The number of carbonyl (C=O) groups excluding carboxylic acids is 1. The highest BCUT2D eigenvalue weighted by molar-refractivity contribution is 9.10. The molecule has 1 heterocycles. The van der Waals surface area contributed by atoms with E-state index < -0.39 is 5.82 Å². The fourth-order valence-electron chi connectivity index (χ4n) is 2.32. The van der Waals surface area contributed by atoms with Crippen molar-refractivity contribution in [1.29, 1.82) is 0 Å². The highest BCUT2D eigenvalue weighted by Crippen LogP contribution is 2.18. The molecule has 1 aromatic heterocycles. The summed E-state index contributed by atoms with van der Waals surface area (Å²) in [6.45, 7) is 0.735. The van der Waals surface area contributed by atoms with Gasteiger partial charge in [-0.15, -0.1) is 0 Å². The first-order valence-electron chi connectivity index (χ1n) is 7.97. The van der Waals surface area contributed by atoms with Crippen molar-refractivity contribution >= 4 is 21.8 Å². The van der Waals surface area contributed by atoms with Crippen LogP contribution in [-0.2, 0) is 13.2 Å².